The molecule has 1 N–H and O–H groups in total. The van der Waals surface area contributed by atoms with Crippen LogP contribution in [0, 0.1) is 0 Å². The molecular weight excluding hydrogens is 284 g/mol. The molecule has 0 atom stereocenters. The topological polar surface area (TPSA) is 45.5 Å². The number of benzene rings is 1. The molecule has 1 aromatic carbocycles. The van der Waals surface area contributed by atoms with Gasteiger partial charge >= 0.3 is 0 Å². The lowest BCUT2D eigenvalue weighted by atomic mass is 10.3. The van der Waals surface area contributed by atoms with Gasteiger partial charge in [-0.15, -0.1) is 0 Å². The number of carbonyl (C=O) groups excluding carboxylic acids is 1. The third kappa shape index (κ3) is 4.29. The maximum atomic E-state index is 11.8. The van der Waals surface area contributed by atoms with Gasteiger partial charge in [0.2, 0.25) is 5.91 Å². The lowest BCUT2D eigenvalue weighted by Gasteiger charge is -2.23. The first-order valence-corrected chi connectivity index (χ1v) is 7.00. The maximum absolute atomic E-state index is 11.8. The molecular formula is C16H16N2O2S. The molecule has 0 radical (unpaired) electrons. The minimum Gasteiger partial charge on any atom is -0.465 e. The van der Waals surface area contributed by atoms with E-state index in [1.807, 2.05) is 42.2 Å². The summed E-state index contributed by atoms with van der Waals surface area (Å²) in [5, 5.41) is 3.05. The summed E-state index contributed by atoms with van der Waals surface area (Å²) in [6.45, 7) is 2.65. The van der Waals surface area contributed by atoms with E-state index in [0.29, 0.717) is 17.4 Å². The Labute approximate surface area is 129 Å². The number of rotatable bonds is 4. The number of hydrogen-bond donors (Lipinski definition) is 1. The van der Waals surface area contributed by atoms with E-state index in [-0.39, 0.29) is 5.91 Å². The Hall–Kier alpha value is -2.40. The van der Waals surface area contributed by atoms with Crippen molar-refractivity contribution in [1.82, 2.24) is 5.32 Å². The van der Waals surface area contributed by atoms with Gasteiger partial charge in [0.25, 0.3) is 0 Å². The highest BCUT2D eigenvalue weighted by molar-refractivity contribution is 7.80. The minimum atomic E-state index is -0.286. The van der Waals surface area contributed by atoms with Crippen molar-refractivity contribution in [2.45, 2.75) is 6.92 Å². The zero-order chi connectivity index (χ0) is 15.1. The molecule has 0 aliphatic carbocycles. The molecule has 0 saturated heterocycles. The number of anilines is 1. The van der Waals surface area contributed by atoms with Gasteiger partial charge in [0.15, 0.2) is 5.11 Å². The van der Waals surface area contributed by atoms with Crippen LogP contribution in [-0.2, 0) is 4.79 Å². The van der Waals surface area contributed by atoms with Gasteiger partial charge in [-0.25, -0.2) is 0 Å². The number of nitrogens with zero attached hydrogens (tertiary/aromatic N) is 1. The predicted octanol–water partition coefficient (Wildman–Crippen LogP) is 3.22. The highest BCUT2D eigenvalue weighted by atomic mass is 32.1. The molecule has 2 aromatic rings. The quantitative estimate of drug-likeness (QED) is 0.695. The summed E-state index contributed by atoms with van der Waals surface area (Å²) >= 11 is 5.28. The summed E-state index contributed by atoms with van der Waals surface area (Å²) in [4.78, 5) is 13.7. The van der Waals surface area contributed by atoms with Gasteiger partial charge in [-0.3, -0.25) is 10.1 Å². The van der Waals surface area contributed by atoms with Gasteiger partial charge in [0, 0.05) is 18.3 Å². The van der Waals surface area contributed by atoms with Crippen molar-refractivity contribution in [2.75, 3.05) is 11.4 Å². The second kappa shape index (κ2) is 7.40. The Morgan fingerprint density at radius 3 is 2.67 bits per heavy atom. The summed E-state index contributed by atoms with van der Waals surface area (Å²) < 4.78 is 5.12. The van der Waals surface area contributed by atoms with Crippen LogP contribution in [0.3, 0.4) is 0 Å². The van der Waals surface area contributed by atoms with Crippen molar-refractivity contribution in [2.24, 2.45) is 0 Å². The fourth-order valence-corrected chi connectivity index (χ4v) is 2.14. The van der Waals surface area contributed by atoms with E-state index in [9.17, 15) is 4.79 Å². The maximum Gasteiger partial charge on any atom is 0.250 e. The monoisotopic (exact) mass is 300 g/mol. The van der Waals surface area contributed by atoms with Crippen molar-refractivity contribution >= 4 is 35.0 Å². The summed E-state index contributed by atoms with van der Waals surface area (Å²) in [5.41, 5.74) is 0.945. The Balaban J connectivity index is 1.98. The summed E-state index contributed by atoms with van der Waals surface area (Å²) in [6, 6.07) is 13.2. The van der Waals surface area contributed by atoms with Crippen molar-refractivity contribution in [3.63, 3.8) is 0 Å². The second-order valence-electron chi connectivity index (χ2n) is 4.22. The Kier molecular flexibility index (Phi) is 5.29. The number of nitrogens with one attached hydrogen (secondary N) is 1. The third-order valence-electron chi connectivity index (χ3n) is 2.80. The normalized spacial score (nSPS) is 10.5. The number of hydrogen-bond acceptors (Lipinski definition) is 3. The fourth-order valence-electron chi connectivity index (χ4n) is 1.81. The van der Waals surface area contributed by atoms with E-state index >= 15 is 0 Å². The van der Waals surface area contributed by atoms with Crippen molar-refractivity contribution in [3.05, 3.63) is 60.6 Å². The van der Waals surface area contributed by atoms with E-state index in [1.54, 1.807) is 24.5 Å². The number of carbonyl (C=O) groups is 1. The zero-order valence-corrected chi connectivity index (χ0v) is 12.5. The number of amides is 1. The average Bonchev–Trinajstić information content (AvgIpc) is 3.00. The molecule has 4 nitrogen and oxygen atoms in total. The standard InChI is InChI=1S/C16H16N2O2S/c1-2-18(13-7-4-3-5-8-13)16(21)17-15(19)11-10-14-9-6-12-20-14/h3-12H,2H2,1H3,(H,17,19,21)/b11-10+. The van der Waals surface area contributed by atoms with Gasteiger partial charge in [-0.05, 0) is 49.5 Å². The summed E-state index contributed by atoms with van der Waals surface area (Å²) in [7, 11) is 0. The SMILES string of the molecule is CCN(C(=S)NC(=O)/C=C/c1ccco1)c1ccccc1. The van der Waals surface area contributed by atoms with Crippen LogP contribution in [-0.4, -0.2) is 17.6 Å². The molecule has 1 aromatic heterocycles. The highest BCUT2D eigenvalue weighted by Gasteiger charge is 2.11. The number of thiocarbonyl (C=S) groups is 1. The van der Waals surface area contributed by atoms with Crippen LogP contribution in [0.5, 0.6) is 0 Å². The molecule has 0 fully saturated rings. The first-order chi connectivity index (χ1) is 10.2. The van der Waals surface area contributed by atoms with Gasteiger partial charge in [0.05, 0.1) is 6.26 Å². The second-order valence-corrected chi connectivity index (χ2v) is 4.61. The Morgan fingerprint density at radius 1 is 1.29 bits per heavy atom. The summed E-state index contributed by atoms with van der Waals surface area (Å²) in [6.07, 6.45) is 4.54. The number of para-hydroxylation sites is 1. The van der Waals surface area contributed by atoms with Gasteiger partial charge < -0.3 is 9.32 Å². The van der Waals surface area contributed by atoms with Crippen LogP contribution in [0.25, 0.3) is 6.08 Å². The molecule has 0 saturated carbocycles. The third-order valence-corrected chi connectivity index (χ3v) is 3.12. The van der Waals surface area contributed by atoms with Crippen molar-refractivity contribution < 1.29 is 9.21 Å². The first-order valence-electron chi connectivity index (χ1n) is 6.60. The first kappa shape index (κ1) is 15.0. The molecule has 0 aliphatic rings. The van der Waals surface area contributed by atoms with E-state index < -0.39 is 0 Å². The lowest BCUT2D eigenvalue weighted by molar-refractivity contribution is -0.115. The van der Waals surface area contributed by atoms with E-state index in [1.165, 1.54) is 6.08 Å². The molecule has 0 unspecified atom stereocenters. The van der Waals surface area contributed by atoms with E-state index in [4.69, 9.17) is 16.6 Å². The molecule has 0 bridgehead atoms. The smallest absolute Gasteiger partial charge is 0.250 e. The number of furan rings is 1. The van der Waals surface area contributed by atoms with Crippen LogP contribution in [0.15, 0.2) is 59.2 Å². The fraction of sp³-hybridized carbons (Fsp3) is 0.125. The molecule has 108 valence electrons. The molecule has 1 heterocycles. The van der Waals surface area contributed by atoms with Crippen LogP contribution >= 0.6 is 12.2 Å². The predicted molar refractivity (Wildman–Crippen MR) is 87.9 cm³/mol. The van der Waals surface area contributed by atoms with E-state index in [0.717, 1.165) is 5.69 Å². The molecule has 0 spiro atoms. The van der Waals surface area contributed by atoms with Crippen molar-refractivity contribution in [1.29, 1.82) is 0 Å². The van der Waals surface area contributed by atoms with Crippen LogP contribution < -0.4 is 10.2 Å². The Morgan fingerprint density at radius 2 is 2.05 bits per heavy atom. The molecule has 5 heteroatoms. The summed E-state index contributed by atoms with van der Waals surface area (Å²) in [5.74, 6) is 0.331. The van der Waals surface area contributed by atoms with Crippen LogP contribution in [0.2, 0.25) is 0 Å². The van der Waals surface area contributed by atoms with Crippen LogP contribution in [0.1, 0.15) is 12.7 Å². The molecule has 1 amide bonds. The largest absolute Gasteiger partial charge is 0.465 e. The lowest BCUT2D eigenvalue weighted by Crippen LogP contribution is -2.42. The average molecular weight is 300 g/mol. The van der Waals surface area contributed by atoms with Crippen LogP contribution in [0.4, 0.5) is 5.69 Å². The van der Waals surface area contributed by atoms with Gasteiger partial charge in [-0.2, -0.15) is 0 Å². The molecule has 0 aliphatic heterocycles. The molecule has 21 heavy (non-hydrogen) atoms. The zero-order valence-electron chi connectivity index (χ0n) is 11.7. The Bertz CT molecular complexity index is 621. The van der Waals surface area contributed by atoms with E-state index in [2.05, 4.69) is 5.32 Å². The van der Waals surface area contributed by atoms with Gasteiger partial charge in [0.1, 0.15) is 5.76 Å². The molecule has 2 rings (SSSR count). The highest BCUT2D eigenvalue weighted by Crippen LogP contribution is 2.12. The van der Waals surface area contributed by atoms with Gasteiger partial charge in [-0.1, -0.05) is 18.2 Å². The minimum absolute atomic E-state index is 0.286. The van der Waals surface area contributed by atoms with Crippen molar-refractivity contribution in [3.8, 4) is 0 Å².